The van der Waals surface area contributed by atoms with E-state index in [0.717, 1.165) is 16.3 Å². The van der Waals surface area contributed by atoms with E-state index in [4.69, 9.17) is 27.4 Å². The third kappa shape index (κ3) is 3.26. The first-order valence-corrected chi connectivity index (χ1v) is 7.27. The lowest BCUT2D eigenvalue weighted by Gasteiger charge is -2.10. The van der Waals surface area contributed by atoms with Crippen LogP contribution in [0.1, 0.15) is 21.1 Å². The Kier molecular flexibility index (Phi) is 4.57. The summed E-state index contributed by atoms with van der Waals surface area (Å²) >= 11 is 6.58. The minimum atomic E-state index is 0.334. The fourth-order valence-corrected chi connectivity index (χ4v) is 2.65. The number of rotatable bonds is 5. The van der Waals surface area contributed by atoms with Crippen molar-refractivity contribution in [2.75, 3.05) is 7.11 Å². The first-order valence-electron chi connectivity index (χ1n) is 6.05. The maximum atomic E-state index is 5.76. The van der Waals surface area contributed by atoms with Crippen LogP contribution in [0.5, 0.6) is 11.5 Å². The predicted octanol–water partition coefficient (Wildman–Crippen LogP) is 2.98. The van der Waals surface area contributed by atoms with E-state index >= 15 is 0 Å². The molecular formula is C14H16N2O2S2. The van der Waals surface area contributed by atoms with E-state index in [1.807, 2.05) is 19.9 Å². The molecule has 6 heteroatoms. The fourth-order valence-electron chi connectivity index (χ4n) is 1.68. The first-order chi connectivity index (χ1) is 9.51. The fraction of sp³-hybridized carbons (Fsp3) is 0.286. The normalized spacial score (nSPS) is 10.3. The van der Waals surface area contributed by atoms with Crippen LogP contribution in [0.3, 0.4) is 0 Å². The zero-order valence-electron chi connectivity index (χ0n) is 11.6. The molecule has 1 aromatic carbocycles. The number of methoxy groups -OCH3 is 1. The number of hydrogen-bond acceptors (Lipinski definition) is 5. The van der Waals surface area contributed by atoms with Gasteiger partial charge in [0.2, 0.25) is 0 Å². The van der Waals surface area contributed by atoms with E-state index in [9.17, 15) is 0 Å². The molecule has 0 unspecified atom stereocenters. The summed E-state index contributed by atoms with van der Waals surface area (Å²) in [5.41, 5.74) is 7.40. The van der Waals surface area contributed by atoms with Crippen molar-refractivity contribution in [3.8, 4) is 11.5 Å². The van der Waals surface area contributed by atoms with E-state index in [1.165, 1.54) is 4.88 Å². The third-order valence-corrected chi connectivity index (χ3v) is 4.15. The topological polar surface area (TPSA) is 57.4 Å². The van der Waals surface area contributed by atoms with Crippen LogP contribution in [-0.4, -0.2) is 17.1 Å². The lowest BCUT2D eigenvalue weighted by Crippen LogP contribution is -2.09. The van der Waals surface area contributed by atoms with Gasteiger partial charge in [-0.1, -0.05) is 12.2 Å². The molecule has 0 aliphatic rings. The number of ether oxygens (including phenoxy) is 2. The molecule has 1 aromatic heterocycles. The van der Waals surface area contributed by atoms with Crippen molar-refractivity contribution in [3.05, 3.63) is 39.3 Å². The van der Waals surface area contributed by atoms with Crippen molar-refractivity contribution in [2.45, 2.75) is 20.5 Å². The molecule has 2 N–H and O–H groups in total. The van der Waals surface area contributed by atoms with Crippen molar-refractivity contribution in [1.82, 2.24) is 4.98 Å². The summed E-state index contributed by atoms with van der Waals surface area (Å²) in [6, 6.07) is 5.40. The molecule has 2 rings (SSSR count). The Bertz CT molecular complexity index is 619. The summed E-state index contributed by atoms with van der Waals surface area (Å²) in [7, 11) is 1.59. The van der Waals surface area contributed by atoms with Crippen molar-refractivity contribution < 1.29 is 9.47 Å². The van der Waals surface area contributed by atoms with E-state index in [1.54, 1.807) is 30.6 Å². The average Bonchev–Trinajstić information content (AvgIpc) is 2.75. The van der Waals surface area contributed by atoms with Crippen LogP contribution in [0.2, 0.25) is 0 Å². The van der Waals surface area contributed by atoms with E-state index in [2.05, 4.69) is 4.98 Å². The first kappa shape index (κ1) is 14.7. The number of thiazole rings is 1. The maximum Gasteiger partial charge on any atom is 0.161 e. The highest BCUT2D eigenvalue weighted by Crippen LogP contribution is 2.29. The van der Waals surface area contributed by atoms with Crippen LogP contribution >= 0.6 is 23.6 Å². The zero-order valence-corrected chi connectivity index (χ0v) is 13.2. The summed E-state index contributed by atoms with van der Waals surface area (Å²) in [6.07, 6.45) is 0. The number of hydrogen-bond donors (Lipinski definition) is 1. The Morgan fingerprint density at radius 1 is 1.35 bits per heavy atom. The lowest BCUT2D eigenvalue weighted by molar-refractivity contribution is 0.284. The minimum Gasteiger partial charge on any atom is -0.493 e. The van der Waals surface area contributed by atoms with Crippen LogP contribution < -0.4 is 15.2 Å². The molecule has 0 aliphatic carbocycles. The minimum absolute atomic E-state index is 0.334. The molecule has 0 saturated carbocycles. The average molecular weight is 308 g/mol. The Labute approximate surface area is 127 Å². The quantitative estimate of drug-likeness (QED) is 0.861. The molecule has 1 heterocycles. The second kappa shape index (κ2) is 6.19. The van der Waals surface area contributed by atoms with Gasteiger partial charge in [-0.25, -0.2) is 4.98 Å². The Morgan fingerprint density at radius 2 is 2.10 bits per heavy atom. The van der Waals surface area contributed by atoms with Gasteiger partial charge in [0.1, 0.15) is 16.6 Å². The molecule has 0 atom stereocenters. The number of nitrogens with two attached hydrogens (primary N) is 1. The molecule has 0 aliphatic heterocycles. The van der Waals surface area contributed by atoms with Crippen LogP contribution in [0.4, 0.5) is 0 Å². The van der Waals surface area contributed by atoms with Crippen molar-refractivity contribution in [1.29, 1.82) is 0 Å². The van der Waals surface area contributed by atoms with Gasteiger partial charge < -0.3 is 15.2 Å². The summed E-state index contributed by atoms with van der Waals surface area (Å²) in [5, 5.41) is 0.945. The number of aromatic nitrogens is 1. The Morgan fingerprint density at radius 3 is 2.65 bits per heavy atom. The lowest BCUT2D eigenvalue weighted by atomic mass is 10.2. The molecule has 0 bridgehead atoms. The van der Waals surface area contributed by atoms with Gasteiger partial charge in [-0.15, -0.1) is 11.3 Å². The third-order valence-electron chi connectivity index (χ3n) is 2.87. The number of benzene rings is 1. The van der Waals surface area contributed by atoms with Gasteiger partial charge >= 0.3 is 0 Å². The van der Waals surface area contributed by atoms with Gasteiger partial charge in [0, 0.05) is 10.4 Å². The van der Waals surface area contributed by atoms with Gasteiger partial charge in [0.15, 0.2) is 11.5 Å². The van der Waals surface area contributed by atoms with Crippen molar-refractivity contribution in [2.24, 2.45) is 5.73 Å². The SMILES string of the molecule is COc1cc(C(N)=S)ccc1OCc1nc(C)c(C)s1. The molecule has 106 valence electrons. The standard InChI is InChI=1S/C14H16N2O2S2/c1-8-9(2)20-13(16-8)7-18-11-5-4-10(14(15)19)6-12(11)17-3/h4-6H,7H2,1-3H3,(H2,15,19). The van der Waals surface area contributed by atoms with E-state index < -0.39 is 0 Å². The van der Waals surface area contributed by atoms with E-state index in [0.29, 0.717) is 23.1 Å². The number of aryl methyl sites for hydroxylation is 2. The van der Waals surface area contributed by atoms with Gasteiger partial charge in [-0.2, -0.15) is 0 Å². The summed E-state index contributed by atoms with van der Waals surface area (Å²) in [6.45, 7) is 4.46. The summed E-state index contributed by atoms with van der Waals surface area (Å²) in [5.74, 6) is 1.26. The zero-order chi connectivity index (χ0) is 14.7. The molecule has 0 amide bonds. The second-order valence-electron chi connectivity index (χ2n) is 4.27. The van der Waals surface area contributed by atoms with Crippen molar-refractivity contribution >= 4 is 28.5 Å². The summed E-state index contributed by atoms with van der Waals surface area (Å²) in [4.78, 5) is 5.98. The molecule has 0 fully saturated rings. The molecule has 20 heavy (non-hydrogen) atoms. The highest BCUT2D eigenvalue weighted by atomic mass is 32.1. The predicted molar refractivity (Wildman–Crippen MR) is 84.8 cm³/mol. The highest BCUT2D eigenvalue weighted by molar-refractivity contribution is 7.80. The van der Waals surface area contributed by atoms with E-state index in [-0.39, 0.29) is 0 Å². The van der Waals surface area contributed by atoms with Gasteiger partial charge in [-0.3, -0.25) is 0 Å². The number of thiocarbonyl (C=S) groups is 1. The van der Waals surface area contributed by atoms with Crippen LogP contribution in [0.15, 0.2) is 18.2 Å². The van der Waals surface area contributed by atoms with Crippen LogP contribution in [-0.2, 0) is 6.61 Å². The molecule has 2 aromatic rings. The van der Waals surface area contributed by atoms with Gasteiger partial charge in [-0.05, 0) is 32.0 Å². The highest BCUT2D eigenvalue weighted by Gasteiger charge is 2.09. The molecule has 4 nitrogen and oxygen atoms in total. The van der Waals surface area contributed by atoms with Crippen LogP contribution in [0.25, 0.3) is 0 Å². The van der Waals surface area contributed by atoms with Gasteiger partial charge in [0.05, 0.1) is 12.8 Å². The molecule has 0 saturated heterocycles. The second-order valence-corrected chi connectivity index (χ2v) is 6.00. The number of nitrogens with zero attached hydrogens (tertiary/aromatic N) is 1. The molecule has 0 spiro atoms. The monoisotopic (exact) mass is 308 g/mol. The van der Waals surface area contributed by atoms with Crippen LogP contribution in [0, 0.1) is 13.8 Å². The molecular weight excluding hydrogens is 292 g/mol. The summed E-state index contributed by atoms with van der Waals surface area (Å²) < 4.78 is 11.1. The largest absolute Gasteiger partial charge is 0.493 e. The van der Waals surface area contributed by atoms with Crippen molar-refractivity contribution in [3.63, 3.8) is 0 Å². The van der Waals surface area contributed by atoms with Gasteiger partial charge in [0.25, 0.3) is 0 Å². The Balaban J connectivity index is 2.14. The Hall–Kier alpha value is -1.66. The smallest absolute Gasteiger partial charge is 0.161 e. The maximum absolute atomic E-state index is 5.76. The molecule has 0 radical (unpaired) electrons.